The molecule has 0 aliphatic carbocycles. The lowest BCUT2D eigenvalue weighted by molar-refractivity contribution is -0.265. The molecule has 1 saturated heterocycles. The zero-order valence-corrected chi connectivity index (χ0v) is 18.9. The highest BCUT2D eigenvalue weighted by Gasteiger charge is 2.41. The van der Waals surface area contributed by atoms with Crippen LogP contribution >= 0.6 is 46.6 Å². The maximum atomic E-state index is 12.3. The number of hydrogen-bond donors (Lipinski definition) is 1. The Hall–Kier alpha value is -1.41. The zero-order valence-electron chi connectivity index (χ0n) is 15.8. The van der Waals surface area contributed by atoms with E-state index in [1.807, 2.05) is 12.1 Å². The molecule has 2 aliphatic heterocycles. The first-order chi connectivity index (χ1) is 14.4. The van der Waals surface area contributed by atoms with Gasteiger partial charge in [0.25, 0.3) is 5.91 Å². The number of primary amides is 1. The molecule has 2 aromatic carbocycles. The summed E-state index contributed by atoms with van der Waals surface area (Å²) in [5.74, 6) is -0.526. The fraction of sp³-hybridized carbons (Fsp3) is 0.286. The summed E-state index contributed by atoms with van der Waals surface area (Å²) in [6.07, 6.45) is 2.23. The van der Waals surface area contributed by atoms with E-state index < -0.39 is 17.6 Å². The topological polar surface area (TPSA) is 64.8 Å². The number of ether oxygens (including phenoxy) is 1. The molecule has 2 aromatic rings. The highest BCUT2D eigenvalue weighted by atomic mass is 35.5. The zero-order chi connectivity index (χ0) is 21.3. The van der Waals surface area contributed by atoms with Crippen LogP contribution in [0.15, 0.2) is 42.5 Å². The Kier molecular flexibility index (Phi) is 6.82. The Balaban J connectivity index is 1.84. The van der Waals surface area contributed by atoms with Crippen LogP contribution in [0.5, 0.6) is 0 Å². The molecule has 2 atom stereocenters. The molecule has 9 heteroatoms. The average molecular weight is 486 g/mol. The predicted molar refractivity (Wildman–Crippen MR) is 122 cm³/mol. The number of nitrogens with zero attached hydrogens (tertiary/aromatic N) is 1. The fourth-order valence-electron chi connectivity index (χ4n) is 3.36. The quantitative estimate of drug-likeness (QED) is 0.580. The summed E-state index contributed by atoms with van der Waals surface area (Å²) < 4.78 is 5.74. The van der Waals surface area contributed by atoms with Gasteiger partial charge in [-0.3, -0.25) is 4.79 Å². The van der Waals surface area contributed by atoms with Crippen LogP contribution in [0.4, 0.5) is 0 Å². The van der Waals surface area contributed by atoms with Crippen molar-refractivity contribution in [2.45, 2.75) is 30.9 Å². The van der Waals surface area contributed by atoms with Gasteiger partial charge >= 0.3 is 0 Å². The number of thioether (sulfide) groups is 1. The van der Waals surface area contributed by atoms with Gasteiger partial charge < -0.3 is 10.5 Å². The number of amides is 1. The number of rotatable bonds is 5. The van der Waals surface area contributed by atoms with Crippen molar-refractivity contribution in [3.63, 3.8) is 0 Å². The Morgan fingerprint density at radius 2 is 1.83 bits per heavy atom. The van der Waals surface area contributed by atoms with Gasteiger partial charge in [-0.1, -0.05) is 58.7 Å². The van der Waals surface area contributed by atoms with Gasteiger partial charge in [0.2, 0.25) is 0 Å². The number of halogens is 3. The monoisotopic (exact) mass is 484 g/mol. The fourth-order valence-corrected chi connectivity index (χ4v) is 5.16. The Bertz CT molecular complexity index is 978. The molecule has 2 heterocycles. The first-order valence-electron chi connectivity index (χ1n) is 9.43. The molecule has 5 nitrogen and oxygen atoms in total. The van der Waals surface area contributed by atoms with Gasteiger partial charge in [0.1, 0.15) is 0 Å². The van der Waals surface area contributed by atoms with Crippen molar-refractivity contribution in [2.75, 3.05) is 6.61 Å². The molecule has 4 rings (SSSR count). The van der Waals surface area contributed by atoms with Crippen LogP contribution in [0.25, 0.3) is 10.6 Å². The number of carbonyl (C=O) groups is 1. The summed E-state index contributed by atoms with van der Waals surface area (Å²) >= 11 is 20.0. The van der Waals surface area contributed by atoms with Crippen molar-refractivity contribution in [3.05, 3.63) is 68.7 Å². The molecule has 0 spiro atoms. The van der Waals surface area contributed by atoms with Crippen molar-refractivity contribution in [1.82, 2.24) is 5.06 Å². The Morgan fingerprint density at radius 3 is 2.47 bits per heavy atom. The second-order valence-electron chi connectivity index (χ2n) is 6.91. The van der Waals surface area contributed by atoms with E-state index in [4.69, 9.17) is 50.1 Å². The standard InChI is InChI=1S/C21H19Cl3N2O3S/c22-13-6-4-12(5-7-13)19-18(15-9-8-14(23)11-16(15)24)26(21(30-19)20(25)27)29-17-3-1-2-10-28-17/h4-9,11,17,21H,1-3,10H2,(H2,25,27). The molecule has 2 N–H and O–H groups in total. The van der Waals surface area contributed by atoms with E-state index in [2.05, 4.69) is 0 Å². The minimum Gasteiger partial charge on any atom is -0.367 e. The van der Waals surface area contributed by atoms with Crippen molar-refractivity contribution in [1.29, 1.82) is 0 Å². The Morgan fingerprint density at radius 1 is 1.10 bits per heavy atom. The number of carbonyl (C=O) groups excluding carboxylic acids is 1. The van der Waals surface area contributed by atoms with E-state index in [1.165, 1.54) is 16.8 Å². The second kappa shape index (κ2) is 9.39. The molecule has 2 aliphatic rings. The number of nitrogens with two attached hydrogens (primary N) is 1. The second-order valence-corrected chi connectivity index (χ2v) is 9.28. The van der Waals surface area contributed by atoms with Crippen LogP contribution in [0.2, 0.25) is 15.1 Å². The molecule has 1 amide bonds. The molecule has 0 saturated carbocycles. The summed E-state index contributed by atoms with van der Waals surface area (Å²) in [7, 11) is 0. The molecule has 2 unspecified atom stereocenters. The van der Waals surface area contributed by atoms with Crippen LogP contribution in [-0.4, -0.2) is 29.2 Å². The third-order valence-electron chi connectivity index (χ3n) is 4.78. The third-order valence-corrected chi connectivity index (χ3v) is 6.89. The highest BCUT2D eigenvalue weighted by molar-refractivity contribution is 8.10. The van der Waals surface area contributed by atoms with Crippen molar-refractivity contribution >= 4 is 63.1 Å². The minimum atomic E-state index is -0.775. The normalized spacial score (nSPS) is 21.9. The average Bonchev–Trinajstić information content (AvgIpc) is 3.08. The number of benzene rings is 2. The van der Waals surface area contributed by atoms with Crippen LogP contribution < -0.4 is 5.73 Å². The summed E-state index contributed by atoms with van der Waals surface area (Å²) in [4.78, 5) is 19.3. The third kappa shape index (κ3) is 4.59. The van der Waals surface area contributed by atoms with Crippen LogP contribution in [0, 0.1) is 0 Å². The molecular formula is C21H19Cl3N2O3S. The van der Waals surface area contributed by atoms with E-state index in [0.717, 1.165) is 29.7 Å². The smallest absolute Gasteiger partial charge is 0.253 e. The summed E-state index contributed by atoms with van der Waals surface area (Å²) in [6, 6.07) is 12.5. The first kappa shape index (κ1) is 21.8. The van der Waals surface area contributed by atoms with Crippen molar-refractivity contribution < 1.29 is 14.4 Å². The molecule has 0 bridgehead atoms. The lowest BCUT2D eigenvalue weighted by atomic mass is 10.1. The van der Waals surface area contributed by atoms with Crippen LogP contribution in [0.3, 0.4) is 0 Å². The van der Waals surface area contributed by atoms with Gasteiger partial charge in [0, 0.05) is 33.5 Å². The highest BCUT2D eigenvalue weighted by Crippen LogP contribution is 2.50. The van der Waals surface area contributed by atoms with Gasteiger partial charge in [-0.25, -0.2) is 9.90 Å². The molecular weight excluding hydrogens is 467 g/mol. The van der Waals surface area contributed by atoms with Crippen molar-refractivity contribution in [2.24, 2.45) is 5.73 Å². The van der Waals surface area contributed by atoms with Gasteiger partial charge in [0.15, 0.2) is 11.7 Å². The minimum absolute atomic E-state index is 0.438. The van der Waals surface area contributed by atoms with Gasteiger partial charge in [-0.05, 0) is 48.7 Å². The van der Waals surface area contributed by atoms with Crippen molar-refractivity contribution in [3.8, 4) is 0 Å². The summed E-state index contributed by atoms with van der Waals surface area (Å²) in [5.41, 5.74) is 7.92. The van der Waals surface area contributed by atoms with E-state index in [1.54, 1.807) is 30.3 Å². The predicted octanol–water partition coefficient (Wildman–Crippen LogP) is 5.79. The molecule has 0 aromatic heterocycles. The van der Waals surface area contributed by atoms with E-state index in [9.17, 15) is 4.79 Å². The van der Waals surface area contributed by atoms with E-state index in [0.29, 0.717) is 32.9 Å². The SMILES string of the molecule is NC(=O)C1SC(c2ccc(Cl)cc2)=C(c2ccc(Cl)cc2Cl)N1OC1CCCCO1. The number of hydroxylamine groups is 2. The lowest BCUT2D eigenvalue weighted by Gasteiger charge is -2.32. The van der Waals surface area contributed by atoms with Crippen LogP contribution in [0.1, 0.15) is 30.4 Å². The largest absolute Gasteiger partial charge is 0.367 e. The molecule has 0 radical (unpaired) electrons. The Labute approximate surface area is 194 Å². The van der Waals surface area contributed by atoms with E-state index >= 15 is 0 Å². The molecule has 30 heavy (non-hydrogen) atoms. The molecule has 1 fully saturated rings. The molecule has 158 valence electrons. The van der Waals surface area contributed by atoms with Gasteiger partial charge in [-0.2, -0.15) is 0 Å². The summed E-state index contributed by atoms with van der Waals surface area (Å²) in [6.45, 7) is 0.609. The van der Waals surface area contributed by atoms with E-state index in [-0.39, 0.29) is 0 Å². The summed E-state index contributed by atoms with van der Waals surface area (Å²) in [5, 5.41) is 2.32. The maximum absolute atomic E-state index is 12.3. The lowest BCUT2D eigenvalue weighted by Crippen LogP contribution is -2.42. The first-order valence-corrected chi connectivity index (χ1v) is 11.4. The van der Waals surface area contributed by atoms with Gasteiger partial charge in [0.05, 0.1) is 10.7 Å². The number of hydrogen-bond acceptors (Lipinski definition) is 5. The maximum Gasteiger partial charge on any atom is 0.253 e. The van der Waals surface area contributed by atoms with Crippen LogP contribution in [-0.2, 0) is 14.4 Å². The van der Waals surface area contributed by atoms with Gasteiger partial charge in [-0.15, -0.1) is 0 Å².